The molecule has 0 radical (unpaired) electrons. The van der Waals surface area contributed by atoms with Crippen molar-refractivity contribution >= 4 is 19.3 Å². The highest BCUT2D eigenvalue weighted by molar-refractivity contribution is 7.03. The van der Waals surface area contributed by atoms with E-state index in [0.717, 1.165) is 5.56 Å². The quantitative estimate of drug-likeness (QED) is 0.525. The summed E-state index contributed by atoms with van der Waals surface area (Å²) in [5.74, 6) is -1.06. The average molecular weight is 393 g/mol. The van der Waals surface area contributed by atoms with Crippen molar-refractivity contribution in [1.82, 2.24) is 0 Å². The molecule has 6 nitrogen and oxygen atoms in total. The van der Waals surface area contributed by atoms with Crippen LogP contribution in [0, 0.1) is 0 Å². The molecule has 2 heterocycles. The molecule has 2 aliphatic heterocycles. The zero-order chi connectivity index (χ0) is 19.8. The van der Waals surface area contributed by atoms with Crippen molar-refractivity contribution in [2.45, 2.75) is 76.9 Å². The van der Waals surface area contributed by atoms with Crippen LogP contribution < -0.4 is 0 Å². The van der Waals surface area contributed by atoms with Crippen LogP contribution in [0.5, 0.6) is 0 Å². The average Bonchev–Trinajstić information content (AvgIpc) is 3.05. The second-order valence-electron chi connectivity index (χ2n) is 8.60. The van der Waals surface area contributed by atoms with Crippen molar-refractivity contribution in [1.29, 1.82) is 0 Å². The Morgan fingerprint density at radius 1 is 1.11 bits per heavy atom. The Balaban J connectivity index is 1.73. The van der Waals surface area contributed by atoms with E-state index >= 15 is 0 Å². The maximum Gasteiger partial charge on any atom is 0.190 e. The topological polar surface area (TPSA) is 71.1 Å². The minimum atomic E-state index is -2.04. The minimum absolute atomic E-state index is 0.0112. The summed E-state index contributed by atoms with van der Waals surface area (Å²) in [7, 11) is -2.04. The molecule has 2 saturated heterocycles. The van der Waals surface area contributed by atoms with E-state index in [4.69, 9.17) is 18.9 Å². The first kappa shape index (κ1) is 20.4. The predicted octanol–water partition coefficient (Wildman–Crippen LogP) is 2.85. The summed E-state index contributed by atoms with van der Waals surface area (Å²) in [5.41, 5.74) is 0.989. The van der Waals surface area contributed by atoms with Gasteiger partial charge >= 0.3 is 0 Å². The first-order valence-electron chi connectivity index (χ1n) is 9.29. The molecule has 7 heteroatoms. The van der Waals surface area contributed by atoms with Gasteiger partial charge in [0, 0.05) is 0 Å². The summed E-state index contributed by atoms with van der Waals surface area (Å²) < 4.78 is 23.6. The Labute approximate surface area is 161 Å². The van der Waals surface area contributed by atoms with E-state index in [1.807, 2.05) is 50.0 Å². The van der Waals surface area contributed by atoms with Crippen LogP contribution in [0.3, 0.4) is 0 Å². The van der Waals surface area contributed by atoms with E-state index in [2.05, 4.69) is 0 Å². The van der Waals surface area contributed by atoms with E-state index in [1.165, 1.54) is 0 Å². The molecule has 4 atom stereocenters. The Kier molecular flexibility index (Phi) is 5.70. The van der Waals surface area contributed by atoms with Crippen LogP contribution in [0.2, 0.25) is 19.6 Å². The molecule has 2 aliphatic rings. The monoisotopic (exact) mass is 392 g/mol. The molecule has 148 valence electrons. The lowest BCUT2D eigenvalue weighted by Crippen LogP contribution is -2.43. The smallest absolute Gasteiger partial charge is 0.190 e. The third kappa shape index (κ3) is 4.73. The van der Waals surface area contributed by atoms with Crippen molar-refractivity contribution in [3.63, 3.8) is 0 Å². The van der Waals surface area contributed by atoms with Gasteiger partial charge in [0.2, 0.25) is 0 Å². The number of rotatable bonds is 7. The van der Waals surface area contributed by atoms with Crippen LogP contribution in [0.25, 0.3) is 0 Å². The fourth-order valence-electron chi connectivity index (χ4n) is 3.21. The second-order valence-corrected chi connectivity index (χ2v) is 13.7. The van der Waals surface area contributed by atoms with Crippen molar-refractivity contribution in [2.24, 2.45) is 0 Å². The SMILES string of the molecule is CC1(C)O[C@H]2O[C@H](C(=O)CC(=O)[Si](C)(C)C)[C@H](OCc3ccccc3)[C@H]2O1. The van der Waals surface area contributed by atoms with Crippen LogP contribution in [0.1, 0.15) is 25.8 Å². The highest BCUT2D eigenvalue weighted by atomic mass is 28.3. The number of ketones is 1. The van der Waals surface area contributed by atoms with E-state index in [1.54, 1.807) is 13.8 Å². The van der Waals surface area contributed by atoms with E-state index in [-0.39, 0.29) is 17.6 Å². The lowest BCUT2D eigenvalue weighted by atomic mass is 10.0. The normalized spacial score (nSPS) is 29.5. The van der Waals surface area contributed by atoms with Crippen molar-refractivity contribution in [2.75, 3.05) is 0 Å². The van der Waals surface area contributed by atoms with Gasteiger partial charge in [-0.05, 0) is 19.4 Å². The number of hydrogen-bond acceptors (Lipinski definition) is 6. The molecule has 1 aromatic carbocycles. The number of carbonyl (C=O) groups excluding carboxylic acids is 2. The Bertz CT molecular complexity index is 696. The van der Waals surface area contributed by atoms with Crippen molar-refractivity contribution in [3.8, 4) is 0 Å². The molecule has 0 unspecified atom stereocenters. The Morgan fingerprint density at radius 3 is 2.41 bits per heavy atom. The van der Waals surface area contributed by atoms with Gasteiger partial charge in [-0.2, -0.15) is 0 Å². The van der Waals surface area contributed by atoms with Crippen LogP contribution in [0.15, 0.2) is 30.3 Å². The standard InChI is InChI=1S/C20H28O6Si/c1-20(2)25-18-17(23-12-13-9-7-6-8-10-13)16(24-19(18)26-20)14(21)11-15(22)27(3,4)5/h6-10,16-19H,11-12H2,1-5H3/t16-,17+,18-,19-/m1/s1. The number of ether oxygens (including phenoxy) is 4. The number of hydrogen-bond donors (Lipinski definition) is 0. The molecule has 0 bridgehead atoms. The van der Waals surface area contributed by atoms with Gasteiger partial charge in [0.15, 0.2) is 17.9 Å². The van der Waals surface area contributed by atoms with Gasteiger partial charge in [0.05, 0.1) is 13.0 Å². The first-order chi connectivity index (χ1) is 12.6. The van der Waals surface area contributed by atoms with Gasteiger partial charge in [0.25, 0.3) is 0 Å². The summed E-state index contributed by atoms with van der Waals surface area (Å²) in [4.78, 5) is 25.2. The molecule has 0 aromatic heterocycles. The fraction of sp³-hybridized carbons (Fsp3) is 0.600. The summed E-state index contributed by atoms with van der Waals surface area (Å²) in [6.07, 6.45) is -2.77. The second kappa shape index (κ2) is 7.56. The third-order valence-electron chi connectivity index (χ3n) is 4.76. The largest absolute Gasteiger partial charge is 0.367 e. The first-order valence-corrected chi connectivity index (χ1v) is 12.8. The molecule has 27 heavy (non-hydrogen) atoms. The molecule has 3 rings (SSSR count). The van der Waals surface area contributed by atoms with Gasteiger partial charge in [0.1, 0.15) is 31.8 Å². The molecular weight excluding hydrogens is 364 g/mol. The molecule has 0 amide bonds. The van der Waals surface area contributed by atoms with Gasteiger partial charge < -0.3 is 23.7 Å². The van der Waals surface area contributed by atoms with Crippen molar-refractivity contribution < 1.29 is 28.5 Å². The zero-order valence-corrected chi connectivity index (χ0v) is 17.6. The number of Topliss-reactive ketones (excluding diaryl/α,β-unsaturated/α-hetero) is 1. The highest BCUT2D eigenvalue weighted by Crippen LogP contribution is 2.39. The van der Waals surface area contributed by atoms with Gasteiger partial charge in [-0.15, -0.1) is 0 Å². The molecule has 0 saturated carbocycles. The number of carbonyl (C=O) groups is 2. The zero-order valence-electron chi connectivity index (χ0n) is 16.6. The molecule has 2 fully saturated rings. The summed E-state index contributed by atoms with van der Waals surface area (Å²) in [6, 6.07) is 9.70. The molecular formula is C20H28O6Si. The number of benzene rings is 1. The van der Waals surface area contributed by atoms with E-state index < -0.39 is 38.5 Å². The Morgan fingerprint density at radius 2 is 1.78 bits per heavy atom. The molecule has 0 N–H and O–H groups in total. The van der Waals surface area contributed by atoms with Crippen LogP contribution >= 0.6 is 0 Å². The predicted molar refractivity (Wildman–Crippen MR) is 102 cm³/mol. The maximum absolute atomic E-state index is 12.8. The van der Waals surface area contributed by atoms with Gasteiger partial charge in [-0.25, -0.2) is 0 Å². The van der Waals surface area contributed by atoms with Crippen molar-refractivity contribution in [3.05, 3.63) is 35.9 Å². The molecule has 0 spiro atoms. The van der Waals surface area contributed by atoms with Crippen LogP contribution in [0.4, 0.5) is 0 Å². The maximum atomic E-state index is 12.8. The van der Waals surface area contributed by atoms with E-state index in [9.17, 15) is 9.59 Å². The lowest BCUT2D eigenvalue weighted by molar-refractivity contribution is -0.218. The van der Waals surface area contributed by atoms with Gasteiger partial charge in [-0.1, -0.05) is 50.0 Å². The molecule has 1 aromatic rings. The van der Waals surface area contributed by atoms with Gasteiger partial charge in [-0.3, -0.25) is 4.79 Å². The Hall–Kier alpha value is -1.38. The minimum Gasteiger partial charge on any atom is -0.367 e. The van der Waals surface area contributed by atoms with E-state index in [0.29, 0.717) is 6.61 Å². The lowest BCUT2D eigenvalue weighted by Gasteiger charge is -2.25. The summed E-state index contributed by atoms with van der Waals surface area (Å²) >= 11 is 0. The number of fused-ring (bicyclic) bond motifs is 1. The van der Waals surface area contributed by atoms with Crippen LogP contribution in [-0.2, 0) is 35.1 Å². The summed E-state index contributed by atoms with van der Waals surface area (Å²) in [6.45, 7) is 9.73. The third-order valence-corrected chi connectivity index (χ3v) is 6.61. The highest BCUT2D eigenvalue weighted by Gasteiger charge is 2.57. The fourth-order valence-corrected chi connectivity index (χ4v) is 3.92. The van der Waals surface area contributed by atoms with Crippen LogP contribution in [-0.4, -0.2) is 49.7 Å². The molecule has 0 aliphatic carbocycles. The summed E-state index contributed by atoms with van der Waals surface area (Å²) in [5, 5.41) is 0.0112.